The highest BCUT2D eigenvalue weighted by molar-refractivity contribution is 7.99. The van der Waals surface area contributed by atoms with Crippen molar-refractivity contribution in [2.24, 2.45) is 0 Å². The van der Waals surface area contributed by atoms with Crippen molar-refractivity contribution in [2.75, 3.05) is 16.8 Å². The monoisotopic (exact) mass is 227 g/mol. The fourth-order valence-electron chi connectivity index (χ4n) is 1.40. The predicted molar refractivity (Wildman–Crippen MR) is 68.6 cm³/mol. The Morgan fingerprint density at radius 1 is 1.53 bits per heavy atom. The van der Waals surface area contributed by atoms with Crippen LogP contribution in [0.15, 0.2) is 12.4 Å². The molecule has 1 atom stereocenters. The van der Waals surface area contributed by atoms with Crippen molar-refractivity contribution >= 4 is 17.7 Å². The number of aryl methyl sites for hydroxylation is 1. The molecule has 0 saturated carbocycles. The molecular weight excluding hydrogens is 206 g/mol. The fraction of sp³-hybridized carbons (Fsp3) is 0.727. The maximum absolute atomic E-state index is 4.30. The summed E-state index contributed by atoms with van der Waals surface area (Å²) in [6.07, 6.45) is 5.05. The molecule has 0 fully saturated rings. The molecule has 0 saturated heterocycles. The minimum absolute atomic E-state index is 0.497. The summed E-state index contributed by atoms with van der Waals surface area (Å²) in [5.74, 6) is 3.42. The highest BCUT2D eigenvalue weighted by Crippen LogP contribution is 2.10. The molecule has 0 bridgehead atoms. The molecule has 0 spiro atoms. The lowest BCUT2D eigenvalue weighted by molar-refractivity contribution is 0.715. The molecule has 1 N–H and O–H groups in total. The van der Waals surface area contributed by atoms with E-state index in [1.165, 1.54) is 17.9 Å². The summed E-state index contributed by atoms with van der Waals surface area (Å²) in [5, 5.41) is 3.44. The van der Waals surface area contributed by atoms with Gasteiger partial charge in [-0.2, -0.15) is 11.8 Å². The average molecular weight is 227 g/mol. The van der Waals surface area contributed by atoms with Gasteiger partial charge in [-0.1, -0.05) is 6.92 Å². The zero-order valence-electron chi connectivity index (χ0n) is 9.86. The Bertz CT molecular complexity index is 273. The summed E-state index contributed by atoms with van der Waals surface area (Å²) >= 11 is 1.99. The van der Waals surface area contributed by atoms with Crippen molar-refractivity contribution in [1.29, 1.82) is 0 Å². The number of thioether (sulfide) groups is 1. The van der Waals surface area contributed by atoms with Crippen LogP contribution in [-0.2, 0) is 6.54 Å². The maximum Gasteiger partial charge on any atom is 0.202 e. The average Bonchev–Trinajstić information content (AvgIpc) is 2.65. The van der Waals surface area contributed by atoms with E-state index in [0.717, 1.165) is 12.5 Å². The number of hydrogen-bond donors (Lipinski definition) is 1. The standard InChI is InChI=1S/C11H21N3S/c1-4-14-8-7-12-11(14)13-10(3)6-9-15-5-2/h7-8,10H,4-6,9H2,1-3H3,(H,12,13). The van der Waals surface area contributed by atoms with E-state index in [4.69, 9.17) is 0 Å². The molecule has 1 rings (SSSR count). The summed E-state index contributed by atoms with van der Waals surface area (Å²) in [4.78, 5) is 4.30. The molecule has 0 aromatic carbocycles. The van der Waals surface area contributed by atoms with Gasteiger partial charge >= 0.3 is 0 Å². The van der Waals surface area contributed by atoms with Gasteiger partial charge in [-0.3, -0.25) is 0 Å². The number of imidazole rings is 1. The Morgan fingerprint density at radius 2 is 2.33 bits per heavy atom. The number of nitrogens with one attached hydrogen (secondary N) is 1. The number of nitrogens with zero attached hydrogens (tertiary/aromatic N) is 2. The minimum atomic E-state index is 0.497. The first kappa shape index (κ1) is 12.4. The summed E-state index contributed by atoms with van der Waals surface area (Å²) < 4.78 is 2.13. The Labute approximate surface area is 96.7 Å². The Hall–Kier alpha value is -0.640. The van der Waals surface area contributed by atoms with Gasteiger partial charge in [-0.25, -0.2) is 4.98 Å². The highest BCUT2D eigenvalue weighted by atomic mass is 32.2. The van der Waals surface area contributed by atoms with Gasteiger partial charge in [-0.05, 0) is 31.8 Å². The first-order valence-corrected chi connectivity index (χ1v) is 6.78. The summed E-state index contributed by atoms with van der Waals surface area (Å²) in [6, 6.07) is 0.497. The van der Waals surface area contributed by atoms with Crippen LogP contribution in [0.3, 0.4) is 0 Å². The van der Waals surface area contributed by atoms with Crippen molar-refractivity contribution in [3.8, 4) is 0 Å². The van der Waals surface area contributed by atoms with Crippen molar-refractivity contribution in [3.63, 3.8) is 0 Å². The van der Waals surface area contributed by atoms with E-state index >= 15 is 0 Å². The van der Waals surface area contributed by atoms with E-state index in [0.29, 0.717) is 6.04 Å². The van der Waals surface area contributed by atoms with Crippen LogP contribution < -0.4 is 5.32 Å². The molecular formula is C11H21N3S. The number of aromatic nitrogens is 2. The van der Waals surface area contributed by atoms with Crippen molar-refractivity contribution < 1.29 is 0 Å². The first-order valence-electron chi connectivity index (χ1n) is 5.63. The highest BCUT2D eigenvalue weighted by Gasteiger charge is 2.05. The van der Waals surface area contributed by atoms with Gasteiger partial charge in [-0.15, -0.1) is 0 Å². The molecule has 86 valence electrons. The second-order valence-electron chi connectivity index (χ2n) is 3.57. The predicted octanol–water partition coefficient (Wildman–Crippen LogP) is 2.85. The number of anilines is 1. The zero-order chi connectivity index (χ0) is 11.1. The summed E-state index contributed by atoms with van der Waals surface area (Å²) in [5.41, 5.74) is 0. The van der Waals surface area contributed by atoms with E-state index in [9.17, 15) is 0 Å². The molecule has 0 aliphatic carbocycles. The van der Waals surface area contributed by atoms with Gasteiger partial charge in [0.1, 0.15) is 0 Å². The van der Waals surface area contributed by atoms with Gasteiger partial charge in [0.25, 0.3) is 0 Å². The quantitative estimate of drug-likeness (QED) is 0.726. The Morgan fingerprint density at radius 3 is 3.00 bits per heavy atom. The molecule has 0 aliphatic heterocycles. The minimum Gasteiger partial charge on any atom is -0.353 e. The summed E-state index contributed by atoms with van der Waals surface area (Å²) in [7, 11) is 0. The third-order valence-electron chi connectivity index (χ3n) is 2.33. The maximum atomic E-state index is 4.30. The normalized spacial score (nSPS) is 12.7. The largest absolute Gasteiger partial charge is 0.353 e. The van der Waals surface area contributed by atoms with Gasteiger partial charge < -0.3 is 9.88 Å². The van der Waals surface area contributed by atoms with E-state index in [-0.39, 0.29) is 0 Å². The second-order valence-corrected chi connectivity index (χ2v) is 4.96. The van der Waals surface area contributed by atoms with Crippen molar-refractivity contribution in [1.82, 2.24) is 9.55 Å². The van der Waals surface area contributed by atoms with Crippen LogP contribution in [0.2, 0.25) is 0 Å². The molecule has 0 amide bonds. The fourth-order valence-corrected chi connectivity index (χ4v) is 2.21. The molecule has 1 aromatic heterocycles. The van der Waals surface area contributed by atoms with Crippen LogP contribution in [-0.4, -0.2) is 27.1 Å². The number of rotatable bonds is 7. The van der Waals surface area contributed by atoms with Crippen LogP contribution >= 0.6 is 11.8 Å². The smallest absolute Gasteiger partial charge is 0.202 e. The van der Waals surface area contributed by atoms with Crippen LogP contribution in [0.4, 0.5) is 5.95 Å². The SMILES string of the molecule is CCSCCC(C)Nc1nccn1CC. The van der Waals surface area contributed by atoms with Crippen molar-refractivity contribution in [2.45, 2.75) is 39.8 Å². The van der Waals surface area contributed by atoms with E-state index in [2.05, 4.69) is 35.6 Å². The van der Waals surface area contributed by atoms with E-state index in [1.807, 2.05) is 24.2 Å². The molecule has 0 aliphatic rings. The third-order valence-corrected chi connectivity index (χ3v) is 3.26. The Kier molecular flexibility index (Phi) is 5.61. The van der Waals surface area contributed by atoms with Crippen molar-refractivity contribution in [3.05, 3.63) is 12.4 Å². The van der Waals surface area contributed by atoms with Gasteiger partial charge in [0, 0.05) is 25.0 Å². The van der Waals surface area contributed by atoms with Crippen LogP contribution in [0.5, 0.6) is 0 Å². The molecule has 1 aromatic rings. The van der Waals surface area contributed by atoms with E-state index < -0.39 is 0 Å². The third kappa shape index (κ3) is 4.16. The summed E-state index contributed by atoms with van der Waals surface area (Å²) in [6.45, 7) is 7.51. The first-order chi connectivity index (χ1) is 7.27. The van der Waals surface area contributed by atoms with Crippen LogP contribution in [0.1, 0.15) is 27.2 Å². The Balaban J connectivity index is 2.33. The molecule has 15 heavy (non-hydrogen) atoms. The lowest BCUT2D eigenvalue weighted by atomic mass is 10.3. The second kappa shape index (κ2) is 6.77. The molecule has 3 nitrogen and oxygen atoms in total. The van der Waals surface area contributed by atoms with Crippen LogP contribution in [0.25, 0.3) is 0 Å². The number of hydrogen-bond acceptors (Lipinski definition) is 3. The lowest BCUT2D eigenvalue weighted by Crippen LogP contribution is -2.19. The van der Waals surface area contributed by atoms with E-state index in [1.54, 1.807) is 0 Å². The van der Waals surface area contributed by atoms with Crippen LogP contribution in [0, 0.1) is 0 Å². The van der Waals surface area contributed by atoms with Gasteiger partial charge in [0.2, 0.25) is 5.95 Å². The molecule has 1 heterocycles. The van der Waals surface area contributed by atoms with Gasteiger partial charge in [0.05, 0.1) is 0 Å². The van der Waals surface area contributed by atoms with Gasteiger partial charge in [0.15, 0.2) is 0 Å². The lowest BCUT2D eigenvalue weighted by Gasteiger charge is -2.14. The topological polar surface area (TPSA) is 29.9 Å². The molecule has 0 radical (unpaired) electrons. The molecule has 1 unspecified atom stereocenters. The zero-order valence-corrected chi connectivity index (χ0v) is 10.7. The molecule has 4 heteroatoms.